The Morgan fingerprint density at radius 1 is 0.810 bits per heavy atom. The highest BCUT2D eigenvalue weighted by Crippen LogP contribution is 2.44. The average molecular weight is 295 g/mol. The summed E-state index contributed by atoms with van der Waals surface area (Å²) < 4.78 is 0. The van der Waals surface area contributed by atoms with Crippen LogP contribution in [0.5, 0.6) is 0 Å². The van der Waals surface area contributed by atoms with E-state index in [1.165, 1.54) is 38.5 Å². The van der Waals surface area contributed by atoms with E-state index in [-0.39, 0.29) is 7.43 Å². The Morgan fingerprint density at radius 3 is 1.14 bits per heavy atom. The van der Waals surface area contributed by atoms with E-state index in [0.717, 1.165) is 17.8 Å². The van der Waals surface area contributed by atoms with Gasteiger partial charge in [-0.15, -0.1) is 32.9 Å². The predicted molar refractivity (Wildman–Crippen MR) is 103 cm³/mol. The second kappa shape index (κ2) is 14.2. The summed E-state index contributed by atoms with van der Waals surface area (Å²) in [5, 5.41) is 0. The number of allylic oxidation sites excluding steroid dienone is 1. The van der Waals surface area contributed by atoms with Crippen molar-refractivity contribution < 1.29 is 0 Å². The molecule has 126 valence electrons. The zero-order chi connectivity index (χ0) is 16.2. The molecule has 3 fully saturated rings. The maximum absolute atomic E-state index is 3.62. The van der Waals surface area contributed by atoms with Crippen molar-refractivity contribution in [2.45, 2.75) is 73.6 Å². The Labute approximate surface area is 136 Å². The largest absolute Gasteiger partial charge is 0.106 e. The number of hydrogen-bond acceptors (Lipinski definition) is 0. The first-order valence-electron chi connectivity index (χ1n) is 8.06. The number of hydrogen-bond donors (Lipinski definition) is 0. The van der Waals surface area contributed by atoms with Gasteiger partial charge in [-0.3, -0.25) is 0 Å². The summed E-state index contributed by atoms with van der Waals surface area (Å²) in [5.74, 6) is 3.03. The fourth-order valence-corrected chi connectivity index (χ4v) is 1.45. The van der Waals surface area contributed by atoms with E-state index >= 15 is 0 Å². The molecule has 0 N–H and O–H groups in total. The smallest absolute Gasteiger partial charge is 0.0236 e. The Morgan fingerprint density at radius 2 is 1.14 bits per heavy atom. The first-order valence-corrected chi connectivity index (χ1v) is 8.06. The third kappa shape index (κ3) is 21.7. The molecule has 0 heterocycles. The summed E-state index contributed by atoms with van der Waals surface area (Å²) in [6, 6.07) is 0. The van der Waals surface area contributed by atoms with Crippen LogP contribution in [0.1, 0.15) is 73.6 Å². The quantitative estimate of drug-likeness (QED) is 0.435. The van der Waals surface area contributed by atoms with Gasteiger partial charge in [-0.2, -0.15) is 0 Å². The minimum atomic E-state index is 0. The first kappa shape index (κ1) is 25.2. The molecule has 0 unspecified atom stereocenters. The van der Waals surface area contributed by atoms with Crippen molar-refractivity contribution in [1.29, 1.82) is 0 Å². The first-order chi connectivity index (χ1) is 9.43. The molecule has 0 amide bonds. The number of rotatable bonds is 1. The summed E-state index contributed by atoms with van der Waals surface area (Å²) >= 11 is 0. The fourth-order valence-electron chi connectivity index (χ4n) is 1.45. The third-order valence-corrected chi connectivity index (χ3v) is 3.62. The molecule has 0 spiro atoms. The Kier molecular flexibility index (Phi) is 17.0. The zero-order valence-electron chi connectivity index (χ0n) is 14.6. The van der Waals surface area contributed by atoms with Crippen LogP contribution in [0.3, 0.4) is 0 Å². The van der Waals surface area contributed by atoms with Gasteiger partial charge in [0.1, 0.15) is 0 Å². The molecule has 0 aromatic carbocycles. The lowest BCUT2D eigenvalue weighted by molar-refractivity contribution is 0.351. The highest BCUT2D eigenvalue weighted by Gasteiger charge is 2.33. The molecule has 3 saturated carbocycles. The van der Waals surface area contributed by atoms with Crippen LogP contribution in [0.25, 0.3) is 0 Å². The normalized spacial score (nSPS) is 18.3. The summed E-state index contributed by atoms with van der Waals surface area (Å²) in [6.07, 6.45) is 10.7. The van der Waals surface area contributed by atoms with Gasteiger partial charge in [0, 0.05) is 0 Å². The molecule has 0 heteroatoms. The molecule has 3 rings (SSSR count). The van der Waals surface area contributed by atoms with Gasteiger partial charge >= 0.3 is 0 Å². The van der Waals surface area contributed by atoms with Gasteiger partial charge in [0.15, 0.2) is 0 Å². The third-order valence-electron chi connectivity index (χ3n) is 3.62. The molecule has 0 aromatic rings. The second-order valence-corrected chi connectivity index (χ2v) is 6.90. The van der Waals surface area contributed by atoms with Crippen molar-refractivity contribution in [3.8, 4) is 0 Å². The molecular weight excluding hydrogens is 252 g/mol. The van der Waals surface area contributed by atoms with Gasteiger partial charge in [-0.25, -0.2) is 0 Å². The van der Waals surface area contributed by atoms with Crippen LogP contribution in [-0.2, 0) is 0 Å². The summed E-state index contributed by atoms with van der Waals surface area (Å²) in [4.78, 5) is 0. The molecule has 0 nitrogen and oxygen atoms in total. The highest BCUT2D eigenvalue weighted by atomic mass is 14.4. The molecule has 0 atom stereocenters. The van der Waals surface area contributed by atoms with E-state index in [2.05, 4.69) is 60.6 Å². The SMILES string of the molecule is C.C=C.C=C.C=CC1CC1.CC(C)(C)C1CC1.CC1CC1. The molecule has 0 radical (unpaired) electrons. The van der Waals surface area contributed by atoms with Crippen LogP contribution < -0.4 is 0 Å². The molecule has 3 aliphatic carbocycles. The van der Waals surface area contributed by atoms with Crippen molar-refractivity contribution >= 4 is 0 Å². The monoisotopic (exact) mass is 294 g/mol. The fraction of sp³-hybridized carbons (Fsp3) is 0.714. The lowest BCUT2D eigenvalue weighted by Gasteiger charge is -2.15. The maximum atomic E-state index is 3.62. The van der Waals surface area contributed by atoms with Crippen LogP contribution in [0.15, 0.2) is 39.0 Å². The lowest BCUT2D eigenvalue weighted by Crippen LogP contribution is -2.06. The van der Waals surface area contributed by atoms with Crippen LogP contribution in [0.2, 0.25) is 0 Å². The molecule has 0 saturated heterocycles. The maximum Gasteiger partial charge on any atom is -0.0236 e. The van der Waals surface area contributed by atoms with Gasteiger partial charge < -0.3 is 0 Å². The van der Waals surface area contributed by atoms with E-state index < -0.39 is 0 Å². The Hall–Kier alpha value is -0.780. The minimum Gasteiger partial charge on any atom is -0.106 e. The summed E-state index contributed by atoms with van der Waals surface area (Å²) in [7, 11) is 0. The Balaban J connectivity index is -0.000000208. The summed E-state index contributed by atoms with van der Waals surface area (Å²) in [6.45, 7) is 24.9. The molecular formula is C21H42. The molecule has 0 aromatic heterocycles. The van der Waals surface area contributed by atoms with Crippen molar-refractivity contribution in [3.63, 3.8) is 0 Å². The van der Waals surface area contributed by atoms with Crippen molar-refractivity contribution in [3.05, 3.63) is 39.0 Å². The molecule has 3 aliphatic rings. The standard InChI is InChI=1S/C7H14.C5H8.C4H8.2C2H4.CH4/c1-7(2,3)6-4-5-6;1-2-5-3-4-5;1-4-2-3-4;2*1-2;/h6H,4-5H2,1-3H3;2,5H,1,3-4H2;4H,2-3H2,1H3;2*1-2H2;1H4. The van der Waals surface area contributed by atoms with E-state index in [4.69, 9.17) is 0 Å². The Bertz CT molecular complexity index is 219. The van der Waals surface area contributed by atoms with E-state index in [1.807, 2.05) is 6.08 Å². The minimum absolute atomic E-state index is 0. The van der Waals surface area contributed by atoms with Crippen molar-refractivity contribution in [2.75, 3.05) is 0 Å². The topological polar surface area (TPSA) is 0 Å². The summed E-state index contributed by atoms with van der Waals surface area (Å²) in [5.41, 5.74) is 0.611. The molecule has 0 bridgehead atoms. The van der Waals surface area contributed by atoms with Crippen LogP contribution in [0, 0.1) is 23.2 Å². The second-order valence-electron chi connectivity index (χ2n) is 6.90. The average Bonchev–Trinajstić information content (AvgIpc) is 3.30. The van der Waals surface area contributed by atoms with Gasteiger partial charge in [0.2, 0.25) is 0 Å². The van der Waals surface area contributed by atoms with Gasteiger partial charge in [0.05, 0.1) is 0 Å². The van der Waals surface area contributed by atoms with Gasteiger partial charge in [-0.05, 0) is 48.9 Å². The van der Waals surface area contributed by atoms with Crippen LogP contribution in [-0.4, -0.2) is 0 Å². The van der Waals surface area contributed by atoms with Crippen LogP contribution >= 0.6 is 0 Å². The lowest BCUT2D eigenvalue weighted by atomic mass is 9.91. The van der Waals surface area contributed by atoms with E-state index in [0.29, 0.717) is 5.41 Å². The van der Waals surface area contributed by atoms with Crippen molar-refractivity contribution in [1.82, 2.24) is 0 Å². The van der Waals surface area contributed by atoms with E-state index in [1.54, 1.807) is 0 Å². The predicted octanol–water partition coefficient (Wildman–Crippen LogP) is 7.68. The van der Waals surface area contributed by atoms with E-state index in [9.17, 15) is 0 Å². The van der Waals surface area contributed by atoms with Gasteiger partial charge in [-0.1, -0.05) is 54.0 Å². The highest BCUT2D eigenvalue weighted by molar-refractivity contribution is 4.88. The molecule has 21 heavy (non-hydrogen) atoms. The van der Waals surface area contributed by atoms with Crippen LogP contribution in [0.4, 0.5) is 0 Å². The zero-order valence-corrected chi connectivity index (χ0v) is 14.6. The molecule has 0 aliphatic heterocycles. The van der Waals surface area contributed by atoms with Gasteiger partial charge in [0.25, 0.3) is 0 Å². The van der Waals surface area contributed by atoms with Crippen molar-refractivity contribution in [2.24, 2.45) is 23.2 Å².